The lowest BCUT2D eigenvalue weighted by Crippen LogP contribution is -2.19. The van der Waals surface area contributed by atoms with Gasteiger partial charge in [-0.1, -0.05) is 13.0 Å². The molecule has 0 N–H and O–H groups in total. The van der Waals surface area contributed by atoms with Crippen molar-refractivity contribution in [3.05, 3.63) is 65.7 Å². The summed E-state index contributed by atoms with van der Waals surface area (Å²) in [6, 6.07) is 9.86. The average molecular weight is 529 g/mol. The minimum atomic E-state index is 0.00223. The third-order valence-corrected chi connectivity index (χ3v) is 6.52. The Morgan fingerprint density at radius 1 is 1.00 bits per heavy atom. The van der Waals surface area contributed by atoms with Crippen molar-refractivity contribution in [2.75, 3.05) is 45.1 Å². The van der Waals surface area contributed by atoms with E-state index in [9.17, 15) is 4.79 Å². The summed E-state index contributed by atoms with van der Waals surface area (Å²) >= 11 is 0. The van der Waals surface area contributed by atoms with Gasteiger partial charge in [0.15, 0.2) is 17.4 Å². The van der Waals surface area contributed by atoms with Gasteiger partial charge in [0.05, 0.1) is 29.6 Å². The smallest absolute Gasteiger partial charge is 0.184 e. The van der Waals surface area contributed by atoms with E-state index in [0.717, 1.165) is 34.7 Å². The van der Waals surface area contributed by atoms with Crippen molar-refractivity contribution in [1.29, 1.82) is 0 Å². The van der Waals surface area contributed by atoms with Crippen LogP contribution in [0.5, 0.6) is 5.75 Å². The fourth-order valence-electron chi connectivity index (χ4n) is 4.61. The normalized spacial score (nSPS) is 11.1. The summed E-state index contributed by atoms with van der Waals surface area (Å²) in [5.74, 6) is 2.64. The Bertz CT molecular complexity index is 1480. The molecule has 0 saturated heterocycles. The Balaban J connectivity index is 1.79. The monoisotopic (exact) mass is 528 g/mol. The molecule has 0 unspecified atom stereocenters. The molecule has 0 bridgehead atoms. The molecule has 1 aromatic carbocycles. The number of ketones is 1. The first-order chi connectivity index (χ1) is 18.6. The van der Waals surface area contributed by atoms with Gasteiger partial charge in [-0.05, 0) is 50.3 Å². The fourth-order valence-corrected chi connectivity index (χ4v) is 4.61. The van der Waals surface area contributed by atoms with E-state index < -0.39 is 0 Å². The number of anilines is 4. The summed E-state index contributed by atoms with van der Waals surface area (Å²) in [6.07, 6.45) is 5.55. The topological polar surface area (TPSA) is 92.5 Å². The van der Waals surface area contributed by atoms with E-state index in [2.05, 4.69) is 26.0 Å². The SMILES string of the molecule is CCC(=O)c1cnc(N(C)c2ncc(CN(C)C)cc2C)cc1N(C)c1cccc(-c2ncn(C)n2)c1OC. The minimum Gasteiger partial charge on any atom is -0.494 e. The zero-order chi connectivity index (χ0) is 28.3. The second-order valence-corrected chi connectivity index (χ2v) is 9.78. The number of benzene rings is 1. The van der Waals surface area contributed by atoms with Crippen LogP contribution in [0, 0.1) is 6.92 Å². The van der Waals surface area contributed by atoms with Crippen LogP contribution in [-0.4, -0.2) is 70.7 Å². The first kappa shape index (κ1) is 27.7. The molecule has 0 atom stereocenters. The minimum absolute atomic E-state index is 0.00223. The highest BCUT2D eigenvalue weighted by Gasteiger charge is 2.23. The maximum absolute atomic E-state index is 13.0. The van der Waals surface area contributed by atoms with E-state index in [0.29, 0.717) is 35.1 Å². The Hall–Kier alpha value is -4.31. The highest BCUT2D eigenvalue weighted by molar-refractivity contribution is 6.02. The number of methoxy groups -OCH3 is 1. The first-order valence-electron chi connectivity index (χ1n) is 12.8. The van der Waals surface area contributed by atoms with Crippen LogP contribution in [0.3, 0.4) is 0 Å². The first-order valence-corrected chi connectivity index (χ1v) is 12.8. The summed E-state index contributed by atoms with van der Waals surface area (Å²) in [4.78, 5) is 32.8. The van der Waals surface area contributed by atoms with Crippen LogP contribution >= 0.6 is 0 Å². The van der Waals surface area contributed by atoms with Crippen molar-refractivity contribution in [3.63, 3.8) is 0 Å². The third-order valence-electron chi connectivity index (χ3n) is 6.52. The number of aromatic nitrogens is 5. The van der Waals surface area contributed by atoms with Crippen LogP contribution in [0.1, 0.15) is 34.8 Å². The second-order valence-electron chi connectivity index (χ2n) is 9.78. The number of pyridine rings is 2. The van der Waals surface area contributed by atoms with Crippen LogP contribution in [0.4, 0.5) is 23.0 Å². The highest BCUT2D eigenvalue weighted by Crippen LogP contribution is 2.41. The van der Waals surface area contributed by atoms with Crippen LogP contribution < -0.4 is 14.5 Å². The number of rotatable bonds is 10. The van der Waals surface area contributed by atoms with Crippen molar-refractivity contribution < 1.29 is 9.53 Å². The molecule has 0 aliphatic heterocycles. The molecule has 0 fully saturated rings. The predicted molar refractivity (Wildman–Crippen MR) is 154 cm³/mol. The van der Waals surface area contributed by atoms with Gasteiger partial charge < -0.3 is 19.4 Å². The van der Waals surface area contributed by atoms with Crippen LogP contribution in [0.2, 0.25) is 0 Å². The molecule has 0 amide bonds. The number of hydrogen-bond acceptors (Lipinski definition) is 9. The van der Waals surface area contributed by atoms with E-state index in [1.54, 1.807) is 24.3 Å². The number of carbonyl (C=O) groups excluding carboxylic acids is 1. The molecule has 0 spiro atoms. The predicted octanol–water partition coefficient (Wildman–Crippen LogP) is 4.78. The quantitative estimate of drug-likeness (QED) is 0.270. The molecule has 3 heterocycles. The van der Waals surface area contributed by atoms with Gasteiger partial charge in [0.1, 0.15) is 18.0 Å². The molecular weight excluding hydrogens is 492 g/mol. The lowest BCUT2D eigenvalue weighted by atomic mass is 10.1. The molecule has 4 rings (SSSR count). The van der Waals surface area contributed by atoms with E-state index in [-0.39, 0.29) is 5.78 Å². The molecule has 0 saturated carbocycles. The highest BCUT2D eigenvalue weighted by atomic mass is 16.5. The van der Waals surface area contributed by atoms with E-state index in [1.807, 2.05) is 89.3 Å². The summed E-state index contributed by atoms with van der Waals surface area (Å²) in [5, 5.41) is 4.45. The van der Waals surface area contributed by atoms with Crippen molar-refractivity contribution in [2.24, 2.45) is 7.05 Å². The van der Waals surface area contributed by atoms with Crippen LogP contribution in [-0.2, 0) is 13.6 Å². The summed E-state index contributed by atoms with van der Waals surface area (Å²) < 4.78 is 7.51. The van der Waals surface area contributed by atoms with Gasteiger partial charge in [0.2, 0.25) is 0 Å². The molecule has 39 heavy (non-hydrogen) atoms. The number of Topliss-reactive ketones (excluding diaryl/α,β-unsaturated/α-hetero) is 1. The molecule has 10 heteroatoms. The van der Waals surface area contributed by atoms with E-state index in [4.69, 9.17) is 9.72 Å². The molecule has 4 aromatic rings. The zero-order valence-corrected chi connectivity index (χ0v) is 23.9. The zero-order valence-electron chi connectivity index (χ0n) is 23.9. The Morgan fingerprint density at radius 2 is 1.77 bits per heavy atom. The lowest BCUT2D eigenvalue weighted by molar-refractivity contribution is 0.0988. The Morgan fingerprint density at radius 3 is 2.38 bits per heavy atom. The van der Waals surface area contributed by atoms with E-state index in [1.165, 1.54) is 0 Å². The van der Waals surface area contributed by atoms with Crippen molar-refractivity contribution in [3.8, 4) is 17.1 Å². The fraction of sp³-hybridized carbons (Fsp3) is 0.345. The van der Waals surface area contributed by atoms with Gasteiger partial charge in [-0.3, -0.25) is 9.48 Å². The Labute approximate surface area is 229 Å². The van der Waals surface area contributed by atoms with Crippen LogP contribution in [0.15, 0.2) is 49.1 Å². The second kappa shape index (κ2) is 11.6. The van der Waals surface area contributed by atoms with Crippen molar-refractivity contribution in [2.45, 2.75) is 26.8 Å². The molecule has 10 nitrogen and oxygen atoms in total. The van der Waals surface area contributed by atoms with E-state index >= 15 is 0 Å². The van der Waals surface area contributed by atoms with Crippen molar-refractivity contribution in [1.82, 2.24) is 29.6 Å². The maximum Gasteiger partial charge on any atom is 0.184 e. The van der Waals surface area contributed by atoms with Gasteiger partial charge in [0.25, 0.3) is 0 Å². The number of para-hydroxylation sites is 1. The van der Waals surface area contributed by atoms with Gasteiger partial charge >= 0.3 is 0 Å². The lowest BCUT2D eigenvalue weighted by Gasteiger charge is -2.27. The molecule has 3 aromatic heterocycles. The summed E-state index contributed by atoms with van der Waals surface area (Å²) in [7, 11) is 11.4. The number of hydrogen-bond donors (Lipinski definition) is 0. The Kier molecular flexibility index (Phi) is 8.25. The number of aryl methyl sites for hydroxylation is 2. The average Bonchev–Trinajstić information content (AvgIpc) is 3.36. The number of nitrogens with zero attached hydrogens (tertiary/aromatic N) is 8. The van der Waals surface area contributed by atoms with Gasteiger partial charge in [-0.15, -0.1) is 0 Å². The van der Waals surface area contributed by atoms with Gasteiger partial charge in [0, 0.05) is 52.6 Å². The summed E-state index contributed by atoms with van der Waals surface area (Å²) in [5.41, 5.74) is 4.96. The van der Waals surface area contributed by atoms with Crippen LogP contribution in [0.25, 0.3) is 11.4 Å². The molecule has 0 aliphatic rings. The molecule has 0 aliphatic carbocycles. The molecule has 0 radical (unpaired) electrons. The van der Waals surface area contributed by atoms with Gasteiger partial charge in [-0.25, -0.2) is 15.0 Å². The summed E-state index contributed by atoms with van der Waals surface area (Å²) in [6.45, 7) is 4.71. The van der Waals surface area contributed by atoms with Gasteiger partial charge in [-0.2, -0.15) is 5.10 Å². The largest absolute Gasteiger partial charge is 0.494 e. The number of carbonyl (C=O) groups is 1. The standard InChI is InChI=1S/C29H36N8O2/c1-9-25(38)22-16-30-26(37(7)29-19(2)13-20(15-31-29)17-34(3)4)14-24(22)36(6)23-12-10-11-21(27(23)39-8)28-32-18-35(5)33-28/h10-16,18H,9,17H2,1-8H3. The maximum atomic E-state index is 13.0. The van der Waals surface area contributed by atoms with Crippen molar-refractivity contribution >= 4 is 28.8 Å². The number of ether oxygens (including phenoxy) is 1. The third kappa shape index (κ3) is 5.75. The molecule has 204 valence electrons. The molecular formula is C29H36N8O2.